The second-order valence-corrected chi connectivity index (χ2v) is 7.06. The molecular formula is C21H29N3O. The summed E-state index contributed by atoms with van der Waals surface area (Å²) in [7, 11) is 2.12. The fourth-order valence-corrected chi connectivity index (χ4v) is 3.66. The maximum Gasteiger partial charge on any atom is 0.252 e. The highest BCUT2D eigenvalue weighted by atomic mass is 16.1. The fraction of sp³-hybridized carbons (Fsp3) is 0.524. The summed E-state index contributed by atoms with van der Waals surface area (Å²) in [6.07, 6.45) is 8.41. The van der Waals surface area contributed by atoms with Crippen LogP contribution >= 0.6 is 0 Å². The molecule has 1 aliphatic carbocycles. The lowest BCUT2D eigenvalue weighted by atomic mass is 9.94. The van der Waals surface area contributed by atoms with E-state index in [4.69, 9.17) is 4.98 Å². The molecule has 0 saturated heterocycles. The van der Waals surface area contributed by atoms with Crippen LogP contribution in [0.4, 0.5) is 5.82 Å². The smallest absolute Gasteiger partial charge is 0.252 e. The standard InChI is InChI=1S/C21H29N3O/c1-3-4-14-22-21(25)18-15-20(23-19-13-9-8-12-17(18)19)24(2)16-10-6-5-7-11-16/h8-9,12-13,15-16H,3-7,10-11,14H2,1-2H3,(H,22,25). The monoisotopic (exact) mass is 339 g/mol. The Hall–Kier alpha value is -2.10. The van der Waals surface area contributed by atoms with E-state index in [2.05, 4.69) is 24.2 Å². The highest BCUT2D eigenvalue weighted by Gasteiger charge is 2.21. The Balaban J connectivity index is 1.92. The van der Waals surface area contributed by atoms with Gasteiger partial charge in [0.15, 0.2) is 0 Å². The van der Waals surface area contributed by atoms with Crippen molar-refractivity contribution in [3.8, 4) is 0 Å². The zero-order chi connectivity index (χ0) is 17.6. The maximum absolute atomic E-state index is 12.7. The van der Waals surface area contributed by atoms with Gasteiger partial charge in [0.1, 0.15) is 5.82 Å². The number of hydrogen-bond acceptors (Lipinski definition) is 3. The Labute approximate surface area is 150 Å². The number of para-hydroxylation sites is 1. The van der Waals surface area contributed by atoms with Crippen molar-refractivity contribution >= 4 is 22.6 Å². The van der Waals surface area contributed by atoms with Crippen LogP contribution < -0.4 is 10.2 Å². The van der Waals surface area contributed by atoms with Crippen molar-refractivity contribution in [2.45, 2.75) is 57.9 Å². The molecule has 134 valence electrons. The summed E-state index contributed by atoms with van der Waals surface area (Å²) in [5.74, 6) is 0.914. The van der Waals surface area contributed by atoms with Gasteiger partial charge in [-0.15, -0.1) is 0 Å². The number of amides is 1. The van der Waals surface area contributed by atoms with Crippen LogP contribution in [-0.2, 0) is 0 Å². The number of pyridine rings is 1. The highest BCUT2D eigenvalue weighted by molar-refractivity contribution is 6.07. The third kappa shape index (κ3) is 4.12. The number of aromatic nitrogens is 1. The number of rotatable bonds is 6. The first-order chi connectivity index (χ1) is 12.2. The van der Waals surface area contributed by atoms with Gasteiger partial charge >= 0.3 is 0 Å². The average Bonchev–Trinajstić information content (AvgIpc) is 2.67. The average molecular weight is 339 g/mol. The van der Waals surface area contributed by atoms with Crippen LogP contribution in [0.15, 0.2) is 30.3 Å². The summed E-state index contributed by atoms with van der Waals surface area (Å²) < 4.78 is 0. The van der Waals surface area contributed by atoms with E-state index >= 15 is 0 Å². The van der Waals surface area contributed by atoms with Crippen molar-refractivity contribution in [2.24, 2.45) is 0 Å². The van der Waals surface area contributed by atoms with E-state index in [-0.39, 0.29) is 5.91 Å². The zero-order valence-corrected chi connectivity index (χ0v) is 15.4. The second-order valence-electron chi connectivity index (χ2n) is 7.06. The summed E-state index contributed by atoms with van der Waals surface area (Å²) in [5.41, 5.74) is 1.63. The van der Waals surface area contributed by atoms with Gasteiger partial charge in [-0.25, -0.2) is 4.98 Å². The normalized spacial score (nSPS) is 15.3. The molecule has 0 unspecified atom stereocenters. The summed E-state index contributed by atoms with van der Waals surface area (Å²) in [6, 6.07) is 10.4. The Bertz CT molecular complexity index is 722. The molecule has 1 aromatic carbocycles. The molecule has 1 amide bonds. The molecule has 0 aliphatic heterocycles. The minimum Gasteiger partial charge on any atom is -0.357 e. The predicted molar refractivity (Wildman–Crippen MR) is 104 cm³/mol. The minimum atomic E-state index is 0.00495. The van der Waals surface area contributed by atoms with E-state index < -0.39 is 0 Å². The Kier molecular flexibility index (Phi) is 5.90. The molecule has 3 rings (SSSR count). The number of benzene rings is 1. The van der Waals surface area contributed by atoms with Crippen LogP contribution in [0.5, 0.6) is 0 Å². The third-order valence-electron chi connectivity index (χ3n) is 5.25. The number of unbranched alkanes of at least 4 members (excludes halogenated alkanes) is 1. The molecule has 0 spiro atoms. The van der Waals surface area contributed by atoms with Gasteiger partial charge in [0.25, 0.3) is 5.91 Å². The summed E-state index contributed by atoms with van der Waals surface area (Å²) >= 11 is 0. The quantitative estimate of drug-likeness (QED) is 0.786. The summed E-state index contributed by atoms with van der Waals surface area (Å²) in [4.78, 5) is 19.8. The van der Waals surface area contributed by atoms with Crippen LogP contribution in [0.25, 0.3) is 10.9 Å². The predicted octanol–water partition coefficient (Wildman–Crippen LogP) is 4.53. The maximum atomic E-state index is 12.7. The van der Waals surface area contributed by atoms with Crippen molar-refractivity contribution in [3.63, 3.8) is 0 Å². The fourth-order valence-electron chi connectivity index (χ4n) is 3.66. The molecule has 1 aromatic heterocycles. The van der Waals surface area contributed by atoms with Gasteiger partial charge in [-0.05, 0) is 31.4 Å². The van der Waals surface area contributed by atoms with E-state index in [1.807, 2.05) is 30.3 Å². The van der Waals surface area contributed by atoms with Gasteiger partial charge in [-0.1, -0.05) is 50.8 Å². The first-order valence-electron chi connectivity index (χ1n) is 9.61. The number of hydrogen-bond donors (Lipinski definition) is 1. The lowest BCUT2D eigenvalue weighted by Gasteiger charge is -2.32. The molecule has 0 atom stereocenters. The molecule has 2 aromatic rings. The van der Waals surface area contributed by atoms with E-state index in [0.717, 1.165) is 41.7 Å². The molecule has 4 nitrogen and oxygen atoms in total. The molecule has 1 aliphatic rings. The molecular weight excluding hydrogens is 310 g/mol. The van der Waals surface area contributed by atoms with E-state index in [1.54, 1.807) is 0 Å². The Morgan fingerprint density at radius 2 is 2.00 bits per heavy atom. The van der Waals surface area contributed by atoms with Crippen molar-refractivity contribution in [1.82, 2.24) is 10.3 Å². The van der Waals surface area contributed by atoms with Gasteiger partial charge in [0.2, 0.25) is 0 Å². The third-order valence-corrected chi connectivity index (χ3v) is 5.25. The van der Waals surface area contributed by atoms with Crippen molar-refractivity contribution in [2.75, 3.05) is 18.5 Å². The van der Waals surface area contributed by atoms with Crippen molar-refractivity contribution < 1.29 is 4.79 Å². The van der Waals surface area contributed by atoms with E-state index in [9.17, 15) is 4.79 Å². The number of nitrogens with zero attached hydrogens (tertiary/aromatic N) is 2. The summed E-state index contributed by atoms with van der Waals surface area (Å²) in [6.45, 7) is 2.85. The first kappa shape index (κ1) is 17.7. The highest BCUT2D eigenvalue weighted by Crippen LogP contribution is 2.28. The van der Waals surface area contributed by atoms with E-state index in [1.165, 1.54) is 32.1 Å². The molecule has 1 heterocycles. The molecule has 0 bridgehead atoms. The van der Waals surface area contributed by atoms with Gasteiger partial charge in [-0.2, -0.15) is 0 Å². The lowest BCUT2D eigenvalue weighted by molar-refractivity contribution is 0.0954. The Morgan fingerprint density at radius 3 is 2.76 bits per heavy atom. The van der Waals surface area contributed by atoms with Crippen LogP contribution in [0.1, 0.15) is 62.2 Å². The molecule has 4 heteroatoms. The van der Waals surface area contributed by atoms with Crippen LogP contribution in [0.2, 0.25) is 0 Å². The SMILES string of the molecule is CCCCNC(=O)c1cc(N(C)C2CCCCC2)nc2ccccc12. The van der Waals surface area contributed by atoms with Gasteiger partial charge in [-0.3, -0.25) is 4.79 Å². The Morgan fingerprint density at radius 1 is 1.24 bits per heavy atom. The largest absolute Gasteiger partial charge is 0.357 e. The molecule has 1 fully saturated rings. The molecule has 1 saturated carbocycles. The van der Waals surface area contributed by atoms with Gasteiger partial charge in [0.05, 0.1) is 11.1 Å². The molecule has 0 radical (unpaired) electrons. The zero-order valence-electron chi connectivity index (χ0n) is 15.4. The topological polar surface area (TPSA) is 45.2 Å². The lowest BCUT2D eigenvalue weighted by Crippen LogP contribution is -2.34. The van der Waals surface area contributed by atoms with Crippen molar-refractivity contribution in [3.05, 3.63) is 35.9 Å². The second kappa shape index (κ2) is 8.32. The van der Waals surface area contributed by atoms with E-state index in [0.29, 0.717) is 6.04 Å². The molecule has 25 heavy (non-hydrogen) atoms. The van der Waals surface area contributed by atoms with Crippen LogP contribution in [0.3, 0.4) is 0 Å². The van der Waals surface area contributed by atoms with Crippen LogP contribution in [-0.4, -0.2) is 30.5 Å². The number of carbonyl (C=O) groups excluding carboxylic acids is 1. The number of fused-ring (bicyclic) bond motifs is 1. The first-order valence-corrected chi connectivity index (χ1v) is 9.61. The number of nitrogens with one attached hydrogen (secondary N) is 1. The number of anilines is 1. The van der Waals surface area contributed by atoms with Gasteiger partial charge in [0, 0.05) is 25.0 Å². The van der Waals surface area contributed by atoms with Crippen LogP contribution in [0, 0.1) is 0 Å². The number of carbonyl (C=O) groups is 1. The minimum absolute atomic E-state index is 0.00495. The molecule has 1 N–H and O–H groups in total. The van der Waals surface area contributed by atoms with Crippen molar-refractivity contribution in [1.29, 1.82) is 0 Å². The summed E-state index contributed by atoms with van der Waals surface area (Å²) in [5, 5.41) is 3.98. The van der Waals surface area contributed by atoms with Gasteiger partial charge < -0.3 is 10.2 Å².